The smallest absolute Gasteiger partial charge is 0.308 e. The van der Waals surface area contributed by atoms with Gasteiger partial charge in [0.25, 0.3) is 5.91 Å². The van der Waals surface area contributed by atoms with Crippen molar-refractivity contribution in [2.45, 2.75) is 103 Å². The van der Waals surface area contributed by atoms with Crippen LogP contribution >= 0.6 is 0 Å². The van der Waals surface area contributed by atoms with Gasteiger partial charge in [0.1, 0.15) is 24.2 Å². The average Bonchev–Trinajstić information content (AvgIpc) is 3.47. The monoisotopic (exact) mass is 591 g/mol. The van der Waals surface area contributed by atoms with Gasteiger partial charge in [-0.2, -0.15) is 0 Å². The largest absolute Gasteiger partial charge is 0.452 e. The van der Waals surface area contributed by atoms with E-state index in [2.05, 4.69) is 17.2 Å². The molecular formula is C30H49N5O7. The highest BCUT2D eigenvalue weighted by Gasteiger charge is 2.42. The van der Waals surface area contributed by atoms with E-state index >= 15 is 0 Å². The fourth-order valence-electron chi connectivity index (χ4n) is 5.37. The first-order valence-electron chi connectivity index (χ1n) is 15.0. The summed E-state index contributed by atoms with van der Waals surface area (Å²) in [5.74, 6) is -3.49. The Kier molecular flexibility index (Phi) is 13.0. The van der Waals surface area contributed by atoms with Crippen molar-refractivity contribution >= 4 is 35.5 Å². The molecular weight excluding hydrogens is 542 g/mol. The number of carbonyl (C=O) groups excluding carboxylic acids is 6. The molecule has 0 aromatic carbocycles. The second-order valence-electron chi connectivity index (χ2n) is 11.5. The lowest BCUT2D eigenvalue weighted by Crippen LogP contribution is -2.61. The molecule has 2 fully saturated rings. The molecule has 2 N–H and O–H groups in total. The molecule has 2 heterocycles. The third-order valence-electron chi connectivity index (χ3n) is 8.68. The Labute approximate surface area is 249 Å². The summed E-state index contributed by atoms with van der Waals surface area (Å²) in [7, 11) is 3.05. The lowest BCUT2D eigenvalue weighted by atomic mass is 9.92. The average molecular weight is 592 g/mol. The van der Waals surface area contributed by atoms with Gasteiger partial charge in [0.15, 0.2) is 6.10 Å². The molecule has 2 rings (SSSR count). The van der Waals surface area contributed by atoms with Crippen LogP contribution in [0.1, 0.15) is 73.1 Å². The van der Waals surface area contributed by atoms with Crippen molar-refractivity contribution in [2.75, 3.05) is 27.2 Å². The molecule has 2 aliphatic heterocycles. The van der Waals surface area contributed by atoms with Crippen LogP contribution < -0.4 is 10.6 Å². The van der Waals surface area contributed by atoms with E-state index in [1.807, 2.05) is 27.7 Å². The minimum Gasteiger partial charge on any atom is -0.452 e. The van der Waals surface area contributed by atoms with Crippen LogP contribution in [-0.2, 0) is 33.5 Å². The SMILES string of the molecule is C=CC[C@H]1OC(=O)CCNC(=O)C(C)N(C)C(=O)C(C(C)CC)N(C)C(=O)C(C(C)CC)NC(=O)[C@@H]2CCCN2C1=O. The molecule has 0 aromatic rings. The van der Waals surface area contributed by atoms with Crippen molar-refractivity contribution in [1.82, 2.24) is 25.3 Å². The summed E-state index contributed by atoms with van der Waals surface area (Å²) in [4.78, 5) is 84.5. The number of likely N-dealkylation sites (N-methyl/N-ethyl adjacent to an activating group) is 2. The van der Waals surface area contributed by atoms with Gasteiger partial charge in [-0.15, -0.1) is 6.58 Å². The highest BCUT2D eigenvalue weighted by molar-refractivity contribution is 5.96. The Bertz CT molecular complexity index is 1030. The van der Waals surface area contributed by atoms with E-state index in [0.717, 1.165) is 0 Å². The number of nitrogens with zero attached hydrogens (tertiary/aromatic N) is 3. The van der Waals surface area contributed by atoms with E-state index in [9.17, 15) is 28.8 Å². The molecule has 5 amide bonds. The van der Waals surface area contributed by atoms with Crippen LogP contribution in [0.4, 0.5) is 0 Å². The summed E-state index contributed by atoms with van der Waals surface area (Å²) in [6.07, 6.45) is 2.30. The van der Waals surface area contributed by atoms with Crippen LogP contribution in [0.25, 0.3) is 0 Å². The third kappa shape index (κ3) is 8.10. The molecule has 0 spiro atoms. The number of rotatable bonds is 6. The minimum absolute atomic E-state index is 0.0570. The highest BCUT2D eigenvalue weighted by atomic mass is 16.5. The second kappa shape index (κ2) is 15.7. The van der Waals surface area contributed by atoms with Gasteiger partial charge in [-0.1, -0.05) is 46.6 Å². The van der Waals surface area contributed by atoms with Gasteiger partial charge in [0, 0.05) is 33.6 Å². The summed E-state index contributed by atoms with van der Waals surface area (Å²) in [5.41, 5.74) is 0. The number of fused-ring (bicyclic) bond motifs is 1. The molecule has 12 heteroatoms. The normalized spacial score (nSPS) is 29.0. The van der Waals surface area contributed by atoms with Gasteiger partial charge in [0.2, 0.25) is 23.6 Å². The predicted molar refractivity (Wildman–Crippen MR) is 157 cm³/mol. The van der Waals surface area contributed by atoms with Crippen molar-refractivity contribution < 1.29 is 33.5 Å². The lowest BCUT2D eigenvalue weighted by molar-refractivity contribution is -0.161. The summed E-state index contributed by atoms with van der Waals surface area (Å²) in [6.45, 7) is 13.0. The van der Waals surface area contributed by atoms with Crippen molar-refractivity contribution in [2.24, 2.45) is 11.8 Å². The zero-order valence-electron chi connectivity index (χ0n) is 26.2. The van der Waals surface area contributed by atoms with E-state index in [-0.39, 0.29) is 31.2 Å². The van der Waals surface area contributed by atoms with Crippen molar-refractivity contribution in [3.63, 3.8) is 0 Å². The number of cyclic esters (lactones) is 1. The van der Waals surface area contributed by atoms with Gasteiger partial charge >= 0.3 is 5.97 Å². The maximum Gasteiger partial charge on any atom is 0.308 e. The first-order valence-corrected chi connectivity index (χ1v) is 15.0. The van der Waals surface area contributed by atoms with Crippen molar-refractivity contribution in [1.29, 1.82) is 0 Å². The molecule has 42 heavy (non-hydrogen) atoms. The summed E-state index contributed by atoms with van der Waals surface area (Å²) in [6, 6.07) is -3.56. The molecule has 0 aromatic heterocycles. The second-order valence-corrected chi connectivity index (χ2v) is 11.5. The minimum atomic E-state index is -1.17. The van der Waals surface area contributed by atoms with E-state index < -0.39 is 65.8 Å². The maximum absolute atomic E-state index is 14.0. The fraction of sp³-hybridized carbons (Fsp3) is 0.733. The Morgan fingerprint density at radius 3 is 2.19 bits per heavy atom. The van der Waals surface area contributed by atoms with Gasteiger partial charge in [-0.3, -0.25) is 28.8 Å². The first kappa shape index (κ1) is 34.8. The summed E-state index contributed by atoms with van der Waals surface area (Å²) >= 11 is 0. The molecule has 12 nitrogen and oxygen atoms in total. The Balaban J connectivity index is 2.55. The molecule has 0 bridgehead atoms. The van der Waals surface area contributed by atoms with Crippen molar-refractivity contribution in [3.05, 3.63) is 12.7 Å². The number of hydrogen-bond acceptors (Lipinski definition) is 7. The lowest BCUT2D eigenvalue weighted by Gasteiger charge is -2.38. The molecule has 0 saturated carbocycles. The standard InChI is InChI=1S/C30H49N5O7/c1-9-13-22-28(39)35-17-12-14-21(35)27(38)32-24(18(4)10-2)29(40)34(8)25(19(5)11-3)30(41)33(7)20(6)26(37)31-16-15-23(36)42-22/h9,18-22,24-25H,1,10-17H2,2-8H3,(H,31,37)(H,32,38)/t18?,19?,20?,21-,22+,24?,25?/m0/s1. The molecule has 2 saturated heterocycles. The van der Waals surface area contributed by atoms with Crippen LogP contribution in [0.15, 0.2) is 12.7 Å². The van der Waals surface area contributed by atoms with Crippen LogP contribution in [-0.4, -0.2) is 108 Å². The van der Waals surface area contributed by atoms with Gasteiger partial charge < -0.3 is 30.1 Å². The van der Waals surface area contributed by atoms with Crippen molar-refractivity contribution in [3.8, 4) is 0 Å². The zero-order chi connectivity index (χ0) is 31.7. The molecule has 2 aliphatic rings. The van der Waals surface area contributed by atoms with E-state index in [1.165, 1.54) is 27.8 Å². The Morgan fingerprint density at radius 2 is 1.60 bits per heavy atom. The number of esters is 1. The Hall–Kier alpha value is -3.44. The summed E-state index contributed by atoms with van der Waals surface area (Å²) in [5, 5.41) is 5.54. The highest BCUT2D eigenvalue weighted by Crippen LogP contribution is 2.24. The van der Waals surface area contributed by atoms with Gasteiger partial charge in [-0.05, 0) is 31.6 Å². The van der Waals surface area contributed by atoms with Crippen LogP contribution in [0, 0.1) is 11.8 Å². The molecule has 236 valence electrons. The quantitative estimate of drug-likeness (QED) is 0.349. The molecule has 5 unspecified atom stereocenters. The first-order chi connectivity index (χ1) is 19.8. The number of ether oxygens (including phenoxy) is 1. The third-order valence-corrected chi connectivity index (χ3v) is 8.68. The number of carbonyl (C=O) groups is 6. The molecule has 0 aliphatic carbocycles. The molecule has 0 radical (unpaired) electrons. The van der Waals surface area contributed by atoms with Crippen LogP contribution in [0.3, 0.4) is 0 Å². The van der Waals surface area contributed by atoms with E-state index in [4.69, 9.17) is 4.74 Å². The fourth-order valence-corrected chi connectivity index (χ4v) is 5.37. The Morgan fingerprint density at radius 1 is 0.952 bits per heavy atom. The van der Waals surface area contributed by atoms with E-state index in [1.54, 1.807) is 14.0 Å². The summed E-state index contributed by atoms with van der Waals surface area (Å²) < 4.78 is 5.46. The molecule has 7 atom stereocenters. The zero-order valence-corrected chi connectivity index (χ0v) is 26.2. The maximum atomic E-state index is 14.0. The van der Waals surface area contributed by atoms with Crippen LogP contribution in [0.5, 0.6) is 0 Å². The predicted octanol–water partition coefficient (Wildman–Crippen LogP) is 1.24. The number of amides is 5. The topological polar surface area (TPSA) is 145 Å². The van der Waals surface area contributed by atoms with Crippen LogP contribution in [0.2, 0.25) is 0 Å². The van der Waals surface area contributed by atoms with E-state index in [0.29, 0.717) is 32.2 Å². The number of nitrogens with one attached hydrogen (secondary N) is 2. The number of hydrogen-bond donors (Lipinski definition) is 2. The van der Waals surface area contributed by atoms with Gasteiger partial charge in [-0.25, -0.2) is 0 Å². The van der Waals surface area contributed by atoms with Gasteiger partial charge in [0.05, 0.1) is 6.42 Å².